The summed E-state index contributed by atoms with van der Waals surface area (Å²) in [6.07, 6.45) is 1.72. The molecule has 2 N–H and O–H groups in total. The summed E-state index contributed by atoms with van der Waals surface area (Å²) < 4.78 is 13.2. The van der Waals surface area contributed by atoms with Crippen molar-refractivity contribution in [1.29, 1.82) is 0 Å². The van der Waals surface area contributed by atoms with Crippen molar-refractivity contribution in [1.82, 2.24) is 9.97 Å². The minimum Gasteiger partial charge on any atom is -0.326 e. The SMILES string of the molecule is CC(C)c1nc(-c2cccc(F)c2)ncc1CN. The van der Waals surface area contributed by atoms with Gasteiger partial charge in [0, 0.05) is 23.9 Å². The molecule has 3 nitrogen and oxygen atoms in total. The Morgan fingerprint density at radius 3 is 2.72 bits per heavy atom. The topological polar surface area (TPSA) is 51.8 Å². The van der Waals surface area contributed by atoms with E-state index in [0.29, 0.717) is 17.9 Å². The van der Waals surface area contributed by atoms with Gasteiger partial charge in [-0.3, -0.25) is 0 Å². The summed E-state index contributed by atoms with van der Waals surface area (Å²) in [4.78, 5) is 8.74. The third-order valence-electron chi connectivity index (χ3n) is 2.75. The van der Waals surface area contributed by atoms with Gasteiger partial charge in [-0.1, -0.05) is 26.0 Å². The second-order valence-corrected chi connectivity index (χ2v) is 4.47. The van der Waals surface area contributed by atoms with Gasteiger partial charge in [-0.25, -0.2) is 14.4 Å². The molecule has 0 amide bonds. The van der Waals surface area contributed by atoms with Crippen LogP contribution in [0.4, 0.5) is 4.39 Å². The molecular weight excluding hydrogens is 229 g/mol. The molecule has 0 saturated carbocycles. The Kier molecular flexibility index (Phi) is 3.67. The first-order valence-corrected chi connectivity index (χ1v) is 5.93. The molecule has 0 fully saturated rings. The van der Waals surface area contributed by atoms with Crippen molar-refractivity contribution in [2.75, 3.05) is 0 Å². The average Bonchev–Trinajstić information content (AvgIpc) is 2.38. The number of benzene rings is 1. The standard InChI is InChI=1S/C14H16FN3/c1-9(2)13-11(7-16)8-17-14(18-13)10-4-3-5-12(15)6-10/h3-6,8-9H,7,16H2,1-2H3. The van der Waals surface area contributed by atoms with Crippen LogP contribution in [-0.2, 0) is 6.54 Å². The largest absolute Gasteiger partial charge is 0.326 e. The molecule has 2 rings (SSSR count). The Labute approximate surface area is 106 Å². The van der Waals surface area contributed by atoms with Gasteiger partial charge in [0.15, 0.2) is 5.82 Å². The molecule has 0 aliphatic rings. The molecule has 0 unspecified atom stereocenters. The van der Waals surface area contributed by atoms with Gasteiger partial charge in [0.05, 0.1) is 5.69 Å². The number of rotatable bonds is 3. The lowest BCUT2D eigenvalue weighted by Gasteiger charge is -2.11. The van der Waals surface area contributed by atoms with Gasteiger partial charge in [-0.15, -0.1) is 0 Å². The second-order valence-electron chi connectivity index (χ2n) is 4.47. The molecule has 2 aromatic rings. The van der Waals surface area contributed by atoms with Crippen LogP contribution in [-0.4, -0.2) is 9.97 Å². The normalized spacial score (nSPS) is 10.9. The molecule has 0 spiro atoms. The molecule has 0 bridgehead atoms. The van der Waals surface area contributed by atoms with Crippen LogP contribution in [0.1, 0.15) is 31.0 Å². The van der Waals surface area contributed by atoms with Crippen molar-refractivity contribution in [3.63, 3.8) is 0 Å². The summed E-state index contributed by atoms with van der Waals surface area (Å²) in [5, 5.41) is 0. The van der Waals surface area contributed by atoms with Crippen LogP contribution in [0.3, 0.4) is 0 Å². The summed E-state index contributed by atoms with van der Waals surface area (Å²) in [5.74, 6) is 0.513. The van der Waals surface area contributed by atoms with Crippen LogP contribution >= 0.6 is 0 Å². The van der Waals surface area contributed by atoms with Crippen LogP contribution in [0, 0.1) is 5.82 Å². The van der Waals surface area contributed by atoms with E-state index in [1.807, 2.05) is 0 Å². The Balaban J connectivity index is 2.50. The van der Waals surface area contributed by atoms with E-state index in [4.69, 9.17) is 5.73 Å². The molecule has 1 aromatic carbocycles. The van der Waals surface area contributed by atoms with Crippen molar-refractivity contribution < 1.29 is 4.39 Å². The second kappa shape index (κ2) is 5.23. The van der Waals surface area contributed by atoms with Crippen molar-refractivity contribution in [3.8, 4) is 11.4 Å². The average molecular weight is 245 g/mol. The minimum absolute atomic E-state index is 0.263. The molecule has 0 radical (unpaired) electrons. The molecule has 1 aromatic heterocycles. The van der Waals surface area contributed by atoms with E-state index in [2.05, 4.69) is 23.8 Å². The number of hydrogen-bond acceptors (Lipinski definition) is 3. The fourth-order valence-electron chi connectivity index (χ4n) is 1.84. The van der Waals surface area contributed by atoms with Gasteiger partial charge >= 0.3 is 0 Å². The molecular formula is C14H16FN3. The van der Waals surface area contributed by atoms with E-state index in [9.17, 15) is 4.39 Å². The van der Waals surface area contributed by atoms with E-state index in [0.717, 1.165) is 11.3 Å². The third kappa shape index (κ3) is 2.54. The molecule has 1 heterocycles. The van der Waals surface area contributed by atoms with E-state index >= 15 is 0 Å². The molecule has 4 heteroatoms. The predicted octanol–water partition coefficient (Wildman–Crippen LogP) is 2.86. The van der Waals surface area contributed by atoms with E-state index in [1.54, 1.807) is 18.3 Å². The van der Waals surface area contributed by atoms with Gasteiger partial charge in [0.25, 0.3) is 0 Å². The van der Waals surface area contributed by atoms with Gasteiger partial charge in [0.1, 0.15) is 5.82 Å². The zero-order valence-electron chi connectivity index (χ0n) is 10.5. The Hall–Kier alpha value is -1.81. The van der Waals surface area contributed by atoms with Crippen molar-refractivity contribution in [2.45, 2.75) is 26.3 Å². The summed E-state index contributed by atoms with van der Waals surface area (Å²) in [6, 6.07) is 6.28. The Morgan fingerprint density at radius 1 is 1.33 bits per heavy atom. The molecule has 0 aliphatic carbocycles. The highest BCUT2D eigenvalue weighted by Crippen LogP contribution is 2.21. The van der Waals surface area contributed by atoms with Crippen molar-refractivity contribution in [2.24, 2.45) is 5.73 Å². The first-order valence-electron chi connectivity index (χ1n) is 5.93. The van der Waals surface area contributed by atoms with Gasteiger partial charge in [-0.05, 0) is 18.1 Å². The highest BCUT2D eigenvalue weighted by atomic mass is 19.1. The van der Waals surface area contributed by atoms with E-state index in [-0.39, 0.29) is 11.7 Å². The molecule has 0 atom stereocenters. The van der Waals surface area contributed by atoms with Gasteiger partial charge in [-0.2, -0.15) is 0 Å². The predicted molar refractivity (Wildman–Crippen MR) is 69.4 cm³/mol. The minimum atomic E-state index is -0.287. The van der Waals surface area contributed by atoms with Gasteiger partial charge < -0.3 is 5.73 Å². The fourth-order valence-corrected chi connectivity index (χ4v) is 1.84. The molecule has 0 aliphatic heterocycles. The number of aromatic nitrogens is 2. The van der Waals surface area contributed by atoms with Crippen LogP contribution in [0.15, 0.2) is 30.5 Å². The highest BCUT2D eigenvalue weighted by molar-refractivity contribution is 5.55. The lowest BCUT2D eigenvalue weighted by molar-refractivity contribution is 0.628. The number of halogens is 1. The monoisotopic (exact) mass is 245 g/mol. The lowest BCUT2D eigenvalue weighted by Crippen LogP contribution is -2.07. The van der Waals surface area contributed by atoms with Crippen molar-refractivity contribution >= 4 is 0 Å². The van der Waals surface area contributed by atoms with Crippen LogP contribution in [0.5, 0.6) is 0 Å². The highest BCUT2D eigenvalue weighted by Gasteiger charge is 2.11. The van der Waals surface area contributed by atoms with Crippen molar-refractivity contribution in [3.05, 3.63) is 47.5 Å². The molecule has 0 saturated heterocycles. The number of nitrogens with zero attached hydrogens (tertiary/aromatic N) is 2. The van der Waals surface area contributed by atoms with Crippen LogP contribution < -0.4 is 5.73 Å². The molecule has 94 valence electrons. The summed E-state index contributed by atoms with van der Waals surface area (Å²) in [5.41, 5.74) is 8.20. The third-order valence-corrected chi connectivity index (χ3v) is 2.75. The number of nitrogens with two attached hydrogens (primary N) is 1. The smallest absolute Gasteiger partial charge is 0.159 e. The maximum Gasteiger partial charge on any atom is 0.159 e. The Bertz CT molecular complexity index is 552. The maximum atomic E-state index is 13.2. The van der Waals surface area contributed by atoms with Crippen LogP contribution in [0.2, 0.25) is 0 Å². The first-order chi connectivity index (χ1) is 8.61. The van der Waals surface area contributed by atoms with E-state index < -0.39 is 0 Å². The van der Waals surface area contributed by atoms with Crippen LogP contribution in [0.25, 0.3) is 11.4 Å². The van der Waals surface area contributed by atoms with E-state index in [1.165, 1.54) is 12.1 Å². The zero-order chi connectivity index (χ0) is 13.1. The quantitative estimate of drug-likeness (QED) is 0.904. The van der Waals surface area contributed by atoms with Gasteiger partial charge in [0.2, 0.25) is 0 Å². The lowest BCUT2D eigenvalue weighted by atomic mass is 10.0. The molecule has 18 heavy (non-hydrogen) atoms. The fraction of sp³-hybridized carbons (Fsp3) is 0.286. The summed E-state index contributed by atoms with van der Waals surface area (Å²) >= 11 is 0. The maximum absolute atomic E-state index is 13.2. The summed E-state index contributed by atoms with van der Waals surface area (Å²) in [6.45, 7) is 4.52. The first kappa shape index (κ1) is 12.6. The number of hydrogen-bond donors (Lipinski definition) is 1. The summed E-state index contributed by atoms with van der Waals surface area (Å²) in [7, 11) is 0. The Morgan fingerprint density at radius 2 is 2.11 bits per heavy atom. The zero-order valence-corrected chi connectivity index (χ0v) is 10.5.